The summed E-state index contributed by atoms with van der Waals surface area (Å²) in [5.41, 5.74) is 1.91. The molecule has 0 spiro atoms. The lowest BCUT2D eigenvalue weighted by Gasteiger charge is -2.01. The molecule has 0 saturated carbocycles. The zero-order valence-electron chi connectivity index (χ0n) is 8.13. The number of hydrogen-bond donors (Lipinski definition) is 0. The van der Waals surface area contributed by atoms with Gasteiger partial charge in [-0.1, -0.05) is 24.3 Å². The number of aromatic nitrogens is 2. The Morgan fingerprint density at radius 1 is 1.69 bits per heavy atom. The van der Waals surface area contributed by atoms with E-state index in [1.54, 1.807) is 6.08 Å². The largest absolute Gasteiger partial charge is 0.333 e. The molecule has 0 aliphatic carbocycles. The molecule has 0 amide bonds. The molecule has 0 radical (unpaired) electrons. The molecule has 0 bridgehead atoms. The first-order valence-electron chi connectivity index (χ1n) is 4.05. The summed E-state index contributed by atoms with van der Waals surface area (Å²) in [6.45, 7) is 7.52. The third kappa shape index (κ3) is 2.01. The Morgan fingerprint density at radius 3 is 2.69 bits per heavy atom. The summed E-state index contributed by atoms with van der Waals surface area (Å²) in [4.78, 5) is 4.30. The van der Waals surface area contributed by atoms with E-state index in [2.05, 4.69) is 11.6 Å². The van der Waals surface area contributed by atoms with Gasteiger partial charge in [-0.05, 0) is 19.4 Å². The van der Waals surface area contributed by atoms with Crippen molar-refractivity contribution >= 4 is 16.6 Å². The van der Waals surface area contributed by atoms with E-state index in [-0.39, 0.29) is 0 Å². The quantitative estimate of drug-likeness (QED) is 0.666. The third-order valence-electron chi connectivity index (χ3n) is 1.85. The van der Waals surface area contributed by atoms with Gasteiger partial charge in [-0.25, -0.2) is 4.98 Å². The number of hydrogen-bond acceptors (Lipinski definition) is 1. The molecule has 1 rings (SSSR count). The van der Waals surface area contributed by atoms with Crippen LogP contribution in [0.25, 0.3) is 5.03 Å². The second-order valence-corrected chi connectivity index (χ2v) is 3.40. The highest BCUT2D eigenvalue weighted by Gasteiger charge is 2.07. The summed E-state index contributed by atoms with van der Waals surface area (Å²) >= 11 is 6.10. The van der Waals surface area contributed by atoms with Crippen LogP contribution in [0.4, 0.5) is 0 Å². The molecule has 1 aromatic rings. The lowest BCUT2D eigenvalue weighted by molar-refractivity contribution is 0.894. The first-order chi connectivity index (χ1) is 6.06. The second-order valence-electron chi connectivity index (χ2n) is 3.02. The summed E-state index contributed by atoms with van der Waals surface area (Å²) in [5.74, 6) is 0.788. The van der Waals surface area contributed by atoms with Gasteiger partial charge in [0.05, 0.1) is 10.7 Å². The van der Waals surface area contributed by atoms with Crippen LogP contribution in [0.15, 0.2) is 24.4 Å². The Labute approximate surface area is 83.5 Å². The summed E-state index contributed by atoms with van der Waals surface area (Å²) in [6.07, 6.45) is 3.67. The van der Waals surface area contributed by atoms with Crippen LogP contribution in [0, 0.1) is 6.92 Å². The Balaban J connectivity index is 3.22. The Hall–Kier alpha value is -1.02. The molecule has 3 heteroatoms. The maximum absolute atomic E-state index is 6.10. The van der Waals surface area contributed by atoms with Crippen molar-refractivity contribution in [2.75, 3.05) is 0 Å². The van der Waals surface area contributed by atoms with Crippen LogP contribution in [-0.4, -0.2) is 9.55 Å². The standard InChI is InChI=1S/C10H13ClN2/c1-5-7(2)9(11)10-12-8(3)6-13(10)4/h5-6H,1H2,2-4H3/b9-7+. The molecule has 1 aromatic heterocycles. The number of rotatable bonds is 2. The number of imidazole rings is 1. The fraction of sp³-hybridized carbons (Fsp3) is 0.300. The third-order valence-corrected chi connectivity index (χ3v) is 2.31. The van der Waals surface area contributed by atoms with Crippen molar-refractivity contribution in [3.8, 4) is 0 Å². The Morgan fingerprint density at radius 2 is 2.31 bits per heavy atom. The maximum atomic E-state index is 6.10. The highest BCUT2D eigenvalue weighted by atomic mass is 35.5. The number of aryl methyl sites for hydroxylation is 2. The monoisotopic (exact) mass is 196 g/mol. The summed E-state index contributed by atoms with van der Waals surface area (Å²) in [6, 6.07) is 0. The van der Waals surface area contributed by atoms with E-state index in [1.165, 1.54) is 0 Å². The predicted molar refractivity (Wildman–Crippen MR) is 56.6 cm³/mol. The fourth-order valence-electron chi connectivity index (χ4n) is 1.09. The lowest BCUT2D eigenvalue weighted by atomic mass is 10.3. The molecule has 0 aliphatic heterocycles. The molecule has 0 aromatic carbocycles. The van der Waals surface area contributed by atoms with Crippen molar-refractivity contribution in [3.63, 3.8) is 0 Å². The molecule has 0 aliphatic rings. The van der Waals surface area contributed by atoms with Gasteiger partial charge >= 0.3 is 0 Å². The van der Waals surface area contributed by atoms with E-state index >= 15 is 0 Å². The zero-order chi connectivity index (χ0) is 10.0. The predicted octanol–water partition coefficient (Wildman–Crippen LogP) is 2.88. The van der Waals surface area contributed by atoms with Crippen molar-refractivity contribution in [2.45, 2.75) is 13.8 Å². The van der Waals surface area contributed by atoms with E-state index in [1.807, 2.05) is 31.7 Å². The summed E-state index contributed by atoms with van der Waals surface area (Å²) in [5, 5.41) is 0.658. The first kappa shape index (κ1) is 10.1. The van der Waals surface area contributed by atoms with E-state index in [9.17, 15) is 0 Å². The van der Waals surface area contributed by atoms with Crippen LogP contribution in [0.3, 0.4) is 0 Å². The van der Waals surface area contributed by atoms with Crippen LogP contribution < -0.4 is 0 Å². The smallest absolute Gasteiger partial charge is 0.151 e. The molecule has 70 valence electrons. The van der Waals surface area contributed by atoms with Gasteiger partial charge in [0.15, 0.2) is 5.82 Å². The van der Waals surface area contributed by atoms with Gasteiger partial charge in [0.25, 0.3) is 0 Å². The fourth-order valence-corrected chi connectivity index (χ4v) is 1.34. The van der Waals surface area contributed by atoms with Crippen LogP contribution in [0.1, 0.15) is 18.4 Å². The Bertz CT molecular complexity index is 361. The van der Waals surface area contributed by atoms with Gasteiger partial charge in [0.1, 0.15) is 0 Å². The van der Waals surface area contributed by atoms with Crippen LogP contribution in [0.5, 0.6) is 0 Å². The Kier molecular flexibility index (Phi) is 2.94. The van der Waals surface area contributed by atoms with E-state index in [4.69, 9.17) is 11.6 Å². The minimum atomic E-state index is 0.658. The van der Waals surface area contributed by atoms with Crippen molar-refractivity contribution in [1.82, 2.24) is 9.55 Å². The maximum Gasteiger partial charge on any atom is 0.151 e. The van der Waals surface area contributed by atoms with Crippen molar-refractivity contribution in [1.29, 1.82) is 0 Å². The molecule has 0 saturated heterocycles. The average Bonchev–Trinajstić information content (AvgIpc) is 2.42. The van der Waals surface area contributed by atoms with Gasteiger partial charge in [0.2, 0.25) is 0 Å². The van der Waals surface area contributed by atoms with Crippen molar-refractivity contribution in [3.05, 3.63) is 35.9 Å². The SMILES string of the molecule is C=C/C(C)=C(/Cl)c1nc(C)cn1C. The highest BCUT2D eigenvalue weighted by Crippen LogP contribution is 2.22. The van der Waals surface area contributed by atoms with Gasteiger partial charge in [-0.3, -0.25) is 0 Å². The van der Waals surface area contributed by atoms with Crippen molar-refractivity contribution in [2.24, 2.45) is 7.05 Å². The summed E-state index contributed by atoms with van der Waals surface area (Å²) < 4.78 is 1.91. The molecular formula is C10H13ClN2. The molecular weight excluding hydrogens is 184 g/mol. The molecule has 1 heterocycles. The highest BCUT2D eigenvalue weighted by molar-refractivity contribution is 6.48. The van der Waals surface area contributed by atoms with E-state index in [0.29, 0.717) is 5.03 Å². The molecule has 2 nitrogen and oxygen atoms in total. The number of nitrogens with zero attached hydrogens (tertiary/aromatic N) is 2. The van der Waals surface area contributed by atoms with Gasteiger partial charge in [0, 0.05) is 13.2 Å². The first-order valence-corrected chi connectivity index (χ1v) is 4.43. The normalized spacial score (nSPS) is 12.6. The summed E-state index contributed by atoms with van der Waals surface area (Å²) in [7, 11) is 1.92. The van der Waals surface area contributed by atoms with Crippen LogP contribution >= 0.6 is 11.6 Å². The van der Waals surface area contributed by atoms with E-state index in [0.717, 1.165) is 17.1 Å². The van der Waals surface area contributed by atoms with Crippen LogP contribution in [0.2, 0.25) is 0 Å². The van der Waals surface area contributed by atoms with Crippen LogP contribution in [-0.2, 0) is 7.05 Å². The van der Waals surface area contributed by atoms with Crippen molar-refractivity contribution < 1.29 is 0 Å². The minimum absolute atomic E-state index is 0.658. The minimum Gasteiger partial charge on any atom is -0.333 e. The second kappa shape index (κ2) is 3.79. The molecule has 0 N–H and O–H groups in total. The molecule has 0 atom stereocenters. The van der Waals surface area contributed by atoms with E-state index < -0.39 is 0 Å². The number of allylic oxidation sites excluding steroid dienone is 2. The topological polar surface area (TPSA) is 17.8 Å². The van der Waals surface area contributed by atoms with Gasteiger partial charge < -0.3 is 4.57 Å². The van der Waals surface area contributed by atoms with Gasteiger partial charge in [-0.15, -0.1) is 0 Å². The zero-order valence-corrected chi connectivity index (χ0v) is 8.89. The van der Waals surface area contributed by atoms with Gasteiger partial charge in [-0.2, -0.15) is 0 Å². The lowest BCUT2D eigenvalue weighted by Crippen LogP contribution is -1.93. The average molecular weight is 197 g/mol. The number of halogens is 1. The molecule has 0 fully saturated rings. The molecule has 0 unspecified atom stereocenters. The molecule has 13 heavy (non-hydrogen) atoms.